The quantitative estimate of drug-likeness (QED) is 0.574. The van der Waals surface area contributed by atoms with Crippen LogP contribution < -0.4 is 15.8 Å². The zero-order valence-corrected chi connectivity index (χ0v) is 17.3. The highest BCUT2D eigenvalue weighted by molar-refractivity contribution is 7.13. The zero-order chi connectivity index (χ0) is 19.4. The van der Waals surface area contributed by atoms with E-state index in [-0.39, 0.29) is 16.7 Å². The first-order chi connectivity index (χ1) is 13.4. The van der Waals surface area contributed by atoms with E-state index in [0.717, 1.165) is 43.9 Å². The minimum Gasteiger partial charge on any atom is -0.378 e. The number of ether oxygens (including phenoxy) is 1. The number of thiazole rings is 1. The molecular formula is C19H25ClN4O3S. The first-order valence-corrected chi connectivity index (χ1v) is 11.3. The predicted octanol–water partition coefficient (Wildman–Crippen LogP) is 2.32. The summed E-state index contributed by atoms with van der Waals surface area (Å²) in [7, 11) is 0. The number of alkyl halides is 1. The van der Waals surface area contributed by atoms with E-state index in [9.17, 15) is 9.59 Å². The molecule has 2 amide bonds. The molecule has 5 aliphatic rings. The average Bonchev–Trinajstić information content (AvgIpc) is 3.15. The molecule has 1 aliphatic heterocycles. The summed E-state index contributed by atoms with van der Waals surface area (Å²) in [6.07, 6.45) is 5.73. The van der Waals surface area contributed by atoms with Crippen molar-refractivity contribution in [3.63, 3.8) is 0 Å². The number of morpholine rings is 1. The minimum absolute atomic E-state index is 0.0939. The van der Waals surface area contributed by atoms with E-state index in [1.165, 1.54) is 17.8 Å². The van der Waals surface area contributed by atoms with Crippen molar-refractivity contribution in [3.05, 3.63) is 11.1 Å². The van der Waals surface area contributed by atoms with Crippen molar-refractivity contribution in [1.29, 1.82) is 0 Å². The lowest BCUT2D eigenvalue weighted by Gasteiger charge is -2.59. The summed E-state index contributed by atoms with van der Waals surface area (Å²) in [6.45, 7) is 2.89. The SMILES string of the molecule is O=C(NNC(=O)C12C[C@H]3C[C@@H](CC(Cl)(C3)C1)C2)c1csc(N2CCOCC2)n1. The van der Waals surface area contributed by atoms with E-state index in [1.807, 2.05) is 0 Å². The standard InChI is InChI=1S/C19H25ClN4O3S/c20-19-8-12-5-13(9-19)7-18(6-12,11-19)16(26)23-22-15(25)14-10-28-17(21-14)24-1-3-27-4-2-24/h10,12-13H,1-9,11H2,(H,22,25)(H,23,26)/t12-,13-,18?,19?/m1/s1. The first-order valence-electron chi connectivity index (χ1n) is 10.0. The summed E-state index contributed by atoms with van der Waals surface area (Å²) >= 11 is 8.24. The molecule has 7 nitrogen and oxygen atoms in total. The maximum Gasteiger partial charge on any atom is 0.289 e. The fraction of sp³-hybridized carbons (Fsp3) is 0.737. The van der Waals surface area contributed by atoms with Crippen molar-refractivity contribution in [3.8, 4) is 0 Å². The molecule has 4 saturated carbocycles. The molecule has 0 aromatic carbocycles. The summed E-state index contributed by atoms with van der Waals surface area (Å²) in [4.78, 5) is 31.8. The van der Waals surface area contributed by atoms with Crippen LogP contribution in [-0.4, -0.2) is 48.0 Å². The number of amides is 2. The number of nitrogens with one attached hydrogen (secondary N) is 2. The van der Waals surface area contributed by atoms with Gasteiger partial charge in [-0.2, -0.15) is 0 Å². The van der Waals surface area contributed by atoms with E-state index in [4.69, 9.17) is 16.3 Å². The Hall–Kier alpha value is -1.38. The van der Waals surface area contributed by atoms with E-state index < -0.39 is 5.41 Å². The number of carbonyl (C=O) groups is 2. The van der Waals surface area contributed by atoms with Gasteiger partial charge in [-0.15, -0.1) is 22.9 Å². The first kappa shape index (κ1) is 18.6. The Morgan fingerprint density at radius 3 is 2.57 bits per heavy atom. The van der Waals surface area contributed by atoms with Gasteiger partial charge in [0.25, 0.3) is 5.91 Å². The Bertz CT molecular complexity index is 780. The lowest BCUT2D eigenvalue weighted by atomic mass is 9.49. The van der Waals surface area contributed by atoms with Crippen molar-refractivity contribution in [1.82, 2.24) is 15.8 Å². The maximum atomic E-state index is 13.0. The summed E-state index contributed by atoms with van der Waals surface area (Å²) in [5.74, 6) is 0.600. The minimum atomic E-state index is -0.430. The van der Waals surface area contributed by atoms with Gasteiger partial charge in [0.15, 0.2) is 5.13 Å². The normalized spacial score (nSPS) is 36.4. The van der Waals surface area contributed by atoms with Gasteiger partial charge in [0.05, 0.1) is 18.6 Å². The van der Waals surface area contributed by atoms with Crippen molar-refractivity contribution < 1.29 is 14.3 Å². The van der Waals surface area contributed by atoms with E-state index in [0.29, 0.717) is 37.2 Å². The van der Waals surface area contributed by atoms with Crippen LogP contribution in [0, 0.1) is 17.3 Å². The van der Waals surface area contributed by atoms with Crippen LogP contribution in [-0.2, 0) is 9.53 Å². The third-order valence-electron chi connectivity index (χ3n) is 6.77. The number of carbonyl (C=O) groups excluding carboxylic acids is 2. The Labute approximate surface area is 173 Å². The molecule has 0 radical (unpaired) electrons. The fourth-order valence-corrected chi connectivity index (χ4v) is 7.55. The number of hydrogen-bond acceptors (Lipinski definition) is 6. The van der Waals surface area contributed by atoms with Crippen molar-refractivity contribution in [2.75, 3.05) is 31.2 Å². The van der Waals surface area contributed by atoms with Crippen LogP contribution in [0.2, 0.25) is 0 Å². The highest BCUT2D eigenvalue weighted by atomic mass is 35.5. The molecule has 9 heteroatoms. The van der Waals surface area contributed by atoms with Crippen molar-refractivity contribution in [2.24, 2.45) is 17.3 Å². The van der Waals surface area contributed by atoms with Crippen LogP contribution in [0.5, 0.6) is 0 Å². The number of aromatic nitrogens is 1. The third-order valence-corrected chi connectivity index (χ3v) is 8.11. The van der Waals surface area contributed by atoms with E-state index in [1.54, 1.807) is 5.38 Å². The largest absolute Gasteiger partial charge is 0.378 e. The summed E-state index contributed by atoms with van der Waals surface area (Å²) in [6, 6.07) is 0. The van der Waals surface area contributed by atoms with Gasteiger partial charge < -0.3 is 9.64 Å². The molecule has 4 bridgehead atoms. The molecule has 2 N–H and O–H groups in total. The second kappa shape index (κ2) is 6.85. The van der Waals surface area contributed by atoms with Gasteiger partial charge in [-0.3, -0.25) is 20.4 Å². The molecule has 1 aromatic heterocycles. The lowest BCUT2D eigenvalue weighted by Crippen LogP contribution is -2.60. The van der Waals surface area contributed by atoms with E-state index >= 15 is 0 Å². The Morgan fingerprint density at radius 2 is 1.89 bits per heavy atom. The van der Waals surface area contributed by atoms with Crippen LogP contribution in [0.15, 0.2) is 5.38 Å². The lowest BCUT2D eigenvalue weighted by molar-refractivity contribution is -0.145. The molecular weight excluding hydrogens is 400 g/mol. The van der Waals surface area contributed by atoms with Crippen molar-refractivity contribution >= 4 is 39.9 Å². The van der Waals surface area contributed by atoms with Crippen LogP contribution >= 0.6 is 22.9 Å². The molecule has 6 rings (SSSR count). The van der Waals surface area contributed by atoms with Gasteiger partial charge in [0.2, 0.25) is 5.91 Å². The molecule has 0 unspecified atom stereocenters. The second-order valence-corrected chi connectivity index (χ2v) is 10.6. The summed E-state index contributed by atoms with van der Waals surface area (Å²) in [5, 5.41) is 2.54. The van der Waals surface area contributed by atoms with Crippen LogP contribution in [0.4, 0.5) is 5.13 Å². The van der Waals surface area contributed by atoms with Gasteiger partial charge >= 0.3 is 0 Å². The van der Waals surface area contributed by atoms with Gasteiger partial charge in [-0.05, 0) is 50.4 Å². The van der Waals surface area contributed by atoms with Gasteiger partial charge in [-0.25, -0.2) is 4.98 Å². The summed E-state index contributed by atoms with van der Waals surface area (Å²) in [5.41, 5.74) is 5.14. The Kier molecular flexibility index (Phi) is 4.56. The molecule has 28 heavy (non-hydrogen) atoms. The number of anilines is 1. The van der Waals surface area contributed by atoms with Crippen LogP contribution in [0.25, 0.3) is 0 Å². The Balaban J connectivity index is 1.21. The van der Waals surface area contributed by atoms with Crippen LogP contribution in [0.1, 0.15) is 49.0 Å². The predicted molar refractivity (Wildman–Crippen MR) is 106 cm³/mol. The maximum absolute atomic E-state index is 13.0. The number of rotatable bonds is 3. The highest BCUT2D eigenvalue weighted by Crippen LogP contribution is 2.63. The van der Waals surface area contributed by atoms with E-state index in [2.05, 4.69) is 20.7 Å². The molecule has 0 spiro atoms. The molecule has 152 valence electrons. The molecule has 2 atom stereocenters. The molecule has 1 saturated heterocycles. The highest BCUT2D eigenvalue weighted by Gasteiger charge is 2.60. The van der Waals surface area contributed by atoms with Gasteiger partial charge in [0, 0.05) is 23.3 Å². The molecule has 5 fully saturated rings. The van der Waals surface area contributed by atoms with Gasteiger partial charge in [-0.1, -0.05) is 0 Å². The number of halogens is 1. The summed E-state index contributed by atoms with van der Waals surface area (Å²) < 4.78 is 5.35. The molecule has 1 aromatic rings. The Morgan fingerprint density at radius 1 is 1.18 bits per heavy atom. The number of hydrazine groups is 1. The zero-order valence-electron chi connectivity index (χ0n) is 15.7. The molecule has 4 aliphatic carbocycles. The number of nitrogens with zero attached hydrogens (tertiary/aromatic N) is 2. The van der Waals surface area contributed by atoms with Crippen LogP contribution in [0.3, 0.4) is 0 Å². The fourth-order valence-electron chi connectivity index (χ4n) is 6.00. The number of hydrogen-bond donors (Lipinski definition) is 2. The topological polar surface area (TPSA) is 83.6 Å². The third kappa shape index (κ3) is 3.29. The van der Waals surface area contributed by atoms with Gasteiger partial charge in [0.1, 0.15) is 5.69 Å². The smallest absolute Gasteiger partial charge is 0.289 e. The monoisotopic (exact) mass is 424 g/mol. The average molecular weight is 425 g/mol. The van der Waals surface area contributed by atoms with Crippen molar-refractivity contribution in [2.45, 2.75) is 43.4 Å². The second-order valence-electron chi connectivity index (χ2n) is 8.92. The molecule has 2 heterocycles.